The predicted molar refractivity (Wildman–Crippen MR) is 136 cm³/mol. The highest BCUT2D eigenvalue weighted by atomic mass is 35.5. The lowest BCUT2D eigenvalue weighted by Gasteiger charge is -2.16. The Morgan fingerprint density at radius 1 is 1.00 bits per heavy atom. The Morgan fingerprint density at radius 2 is 1.62 bits per heavy atom. The van der Waals surface area contributed by atoms with Crippen molar-refractivity contribution in [2.24, 2.45) is 7.05 Å². The van der Waals surface area contributed by atoms with E-state index in [1.54, 1.807) is 23.9 Å². The highest BCUT2D eigenvalue weighted by molar-refractivity contribution is 6.31. The van der Waals surface area contributed by atoms with E-state index in [0.29, 0.717) is 16.5 Å². The monoisotopic (exact) mass is 471 g/mol. The van der Waals surface area contributed by atoms with Crippen LogP contribution in [-0.4, -0.2) is 15.6 Å². The summed E-state index contributed by atoms with van der Waals surface area (Å²) in [4.78, 5) is 17.1. The first kappa shape index (κ1) is 22.2. The van der Waals surface area contributed by atoms with E-state index in [4.69, 9.17) is 16.3 Å². The van der Waals surface area contributed by atoms with Crippen molar-refractivity contribution in [3.8, 4) is 22.4 Å². The van der Waals surface area contributed by atoms with Crippen LogP contribution in [0.4, 0.5) is 10.6 Å². The largest absolute Gasteiger partial charge is 0.441 e. The number of hydrogen-bond acceptors (Lipinski definition) is 3. The fourth-order valence-corrected chi connectivity index (χ4v) is 4.42. The summed E-state index contributed by atoms with van der Waals surface area (Å²) in [5, 5.41) is 3.40. The Bertz CT molecular complexity index is 1310. The van der Waals surface area contributed by atoms with Crippen LogP contribution in [0.1, 0.15) is 42.9 Å². The molecule has 6 heteroatoms. The first-order valence-corrected chi connectivity index (χ1v) is 11.8. The smallest absolute Gasteiger partial charge is 0.413 e. The van der Waals surface area contributed by atoms with Gasteiger partial charge in [-0.2, -0.15) is 0 Å². The third kappa shape index (κ3) is 4.70. The molecule has 1 N–H and O–H groups in total. The summed E-state index contributed by atoms with van der Waals surface area (Å²) in [7, 11) is 1.83. The lowest BCUT2D eigenvalue weighted by molar-refractivity contribution is 0.121. The summed E-state index contributed by atoms with van der Waals surface area (Å²) in [5.74, 6) is 1.32. The van der Waals surface area contributed by atoms with Crippen LogP contribution in [0.3, 0.4) is 0 Å². The lowest BCUT2D eigenvalue weighted by Crippen LogP contribution is -2.18. The van der Waals surface area contributed by atoms with Gasteiger partial charge in [0.1, 0.15) is 17.6 Å². The molecule has 1 saturated carbocycles. The number of benzene rings is 3. The van der Waals surface area contributed by atoms with Crippen molar-refractivity contribution in [1.82, 2.24) is 9.55 Å². The van der Waals surface area contributed by atoms with Crippen LogP contribution in [0.5, 0.6) is 0 Å². The number of aryl methyl sites for hydroxylation is 1. The van der Waals surface area contributed by atoms with Crippen molar-refractivity contribution in [3.63, 3.8) is 0 Å². The highest BCUT2D eigenvalue weighted by Gasteiger charge is 2.23. The van der Waals surface area contributed by atoms with E-state index in [9.17, 15) is 4.79 Å². The molecular weight excluding hydrogens is 446 g/mol. The molecule has 0 unspecified atom stereocenters. The van der Waals surface area contributed by atoms with Crippen molar-refractivity contribution in [2.45, 2.75) is 31.8 Å². The van der Waals surface area contributed by atoms with Crippen LogP contribution >= 0.6 is 11.6 Å². The SMILES string of the molecule is C[C@@H](OC(=O)Nc1c(-c2ccc(-c3ccc(C4CC4)cc3)cc2)ncn1C)c1ccccc1Cl. The van der Waals surface area contributed by atoms with Crippen molar-refractivity contribution < 1.29 is 9.53 Å². The Balaban J connectivity index is 1.30. The van der Waals surface area contributed by atoms with E-state index < -0.39 is 12.2 Å². The minimum Gasteiger partial charge on any atom is -0.441 e. The van der Waals surface area contributed by atoms with Crippen LogP contribution in [0.25, 0.3) is 22.4 Å². The molecule has 0 spiro atoms. The Labute approximate surface area is 204 Å². The minimum absolute atomic E-state index is 0.490. The zero-order valence-electron chi connectivity index (χ0n) is 19.2. The molecule has 34 heavy (non-hydrogen) atoms. The summed E-state index contributed by atoms with van der Waals surface area (Å²) in [5.41, 5.74) is 6.11. The van der Waals surface area contributed by atoms with Crippen LogP contribution < -0.4 is 5.32 Å². The van der Waals surface area contributed by atoms with Gasteiger partial charge in [-0.05, 0) is 48.4 Å². The maximum Gasteiger partial charge on any atom is 0.413 e. The Morgan fingerprint density at radius 3 is 2.26 bits per heavy atom. The zero-order chi connectivity index (χ0) is 23.7. The molecule has 5 rings (SSSR count). The third-order valence-corrected chi connectivity index (χ3v) is 6.58. The van der Waals surface area contributed by atoms with Crippen LogP contribution in [0, 0.1) is 0 Å². The van der Waals surface area contributed by atoms with Crippen molar-refractivity contribution in [1.29, 1.82) is 0 Å². The molecule has 1 fully saturated rings. The number of nitrogens with zero attached hydrogens (tertiary/aromatic N) is 2. The standard InChI is InChI=1S/C28H26ClN3O2/c1-18(24-5-3-4-6-25(24)29)34-28(33)31-27-26(30-17-32(27)2)23-15-13-22(14-16-23)21-11-9-20(10-12-21)19-7-8-19/h3-6,9-19H,7-8H2,1-2H3,(H,31,33)/t18-/m1/s1. The number of carbonyl (C=O) groups is 1. The van der Waals surface area contributed by atoms with E-state index >= 15 is 0 Å². The van der Waals surface area contributed by atoms with Crippen LogP contribution in [0.2, 0.25) is 5.02 Å². The Kier molecular flexibility index (Phi) is 6.12. The summed E-state index contributed by atoms with van der Waals surface area (Å²) >= 11 is 6.23. The van der Waals surface area contributed by atoms with E-state index in [-0.39, 0.29) is 0 Å². The fraction of sp³-hybridized carbons (Fsp3) is 0.214. The molecule has 4 aromatic rings. The van der Waals surface area contributed by atoms with Crippen molar-refractivity contribution in [3.05, 3.63) is 95.3 Å². The predicted octanol–water partition coefficient (Wildman–Crippen LogP) is 7.59. The second-order valence-electron chi connectivity index (χ2n) is 8.72. The second kappa shape index (κ2) is 9.35. The molecule has 3 aromatic carbocycles. The molecule has 0 aliphatic heterocycles. The van der Waals surface area contributed by atoms with Gasteiger partial charge < -0.3 is 9.30 Å². The number of anilines is 1. The minimum atomic E-state index is -0.565. The number of halogens is 1. The van der Waals surface area contributed by atoms with Gasteiger partial charge in [0.05, 0.1) is 6.33 Å². The second-order valence-corrected chi connectivity index (χ2v) is 9.13. The summed E-state index contributed by atoms with van der Waals surface area (Å²) in [6, 6.07) is 24.4. The molecule has 1 aliphatic carbocycles. The average Bonchev–Trinajstić information content (AvgIpc) is 3.64. The van der Waals surface area contributed by atoms with Gasteiger partial charge in [-0.1, -0.05) is 78.3 Å². The van der Waals surface area contributed by atoms with Gasteiger partial charge in [-0.3, -0.25) is 5.32 Å². The van der Waals surface area contributed by atoms with Crippen LogP contribution in [-0.2, 0) is 11.8 Å². The van der Waals surface area contributed by atoms with E-state index in [2.05, 4.69) is 46.7 Å². The first-order chi connectivity index (χ1) is 16.5. The van der Waals surface area contributed by atoms with Gasteiger partial charge in [0, 0.05) is 23.2 Å². The molecule has 1 amide bonds. The van der Waals surface area contributed by atoms with E-state index in [1.807, 2.05) is 37.4 Å². The number of rotatable bonds is 6. The normalized spacial score (nSPS) is 14.0. The van der Waals surface area contributed by atoms with Gasteiger partial charge in [0.15, 0.2) is 0 Å². The van der Waals surface area contributed by atoms with E-state index in [0.717, 1.165) is 22.6 Å². The molecule has 1 aliphatic rings. The van der Waals surface area contributed by atoms with Gasteiger partial charge in [-0.25, -0.2) is 9.78 Å². The average molecular weight is 472 g/mol. The van der Waals surface area contributed by atoms with Gasteiger partial charge in [0.2, 0.25) is 0 Å². The molecule has 172 valence electrons. The summed E-state index contributed by atoms with van der Waals surface area (Å²) in [6.45, 7) is 1.79. The molecular formula is C28H26ClN3O2. The number of ether oxygens (including phenoxy) is 1. The van der Waals surface area contributed by atoms with E-state index in [1.165, 1.54) is 24.0 Å². The molecule has 1 atom stereocenters. The fourth-order valence-electron chi connectivity index (χ4n) is 4.13. The third-order valence-electron chi connectivity index (χ3n) is 6.24. The van der Waals surface area contributed by atoms with Crippen LogP contribution in [0.15, 0.2) is 79.1 Å². The quantitative estimate of drug-likeness (QED) is 0.315. The van der Waals surface area contributed by atoms with Crippen molar-refractivity contribution in [2.75, 3.05) is 5.32 Å². The van der Waals surface area contributed by atoms with Gasteiger partial charge in [0.25, 0.3) is 0 Å². The van der Waals surface area contributed by atoms with Gasteiger partial charge >= 0.3 is 6.09 Å². The lowest BCUT2D eigenvalue weighted by atomic mass is 10.0. The highest BCUT2D eigenvalue weighted by Crippen LogP contribution is 2.40. The zero-order valence-corrected chi connectivity index (χ0v) is 19.9. The number of hydrogen-bond donors (Lipinski definition) is 1. The number of aromatic nitrogens is 2. The molecule has 0 bridgehead atoms. The molecule has 5 nitrogen and oxygen atoms in total. The number of imidazole rings is 1. The number of carbonyl (C=O) groups excluding carboxylic acids is 1. The maximum atomic E-state index is 12.6. The molecule has 0 radical (unpaired) electrons. The number of amides is 1. The number of nitrogens with one attached hydrogen (secondary N) is 1. The molecule has 1 heterocycles. The van der Waals surface area contributed by atoms with Gasteiger partial charge in [-0.15, -0.1) is 0 Å². The topological polar surface area (TPSA) is 56.1 Å². The molecule has 1 aromatic heterocycles. The maximum absolute atomic E-state index is 12.6. The summed E-state index contributed by atoms with van der Waals surface area (Å²) < 4.78 is 7.33. The molecule has 0 saturated heterocycles. The first-order valence-electron chi connectivity index (χ1n) is 11.4. The summed E-state index contributed by atoms with van der Waals surface area (Å²) in [6.07, 6.45) is 3.23. The Hall–Kier alpha value is -3.57. The van der Waals surface area contributed by atoms with Crippen molar-refractivity contribution >= 4 is 23.5 Å².